The van der Waals surface area contributed by atoms with E-state index in [0.29, 0.717) is 0 Å². The highest BCUT2D eigenvalue weighted by atomic mass is 15.2. The van der Waals surface area contributed by atoms with Gasteiger partial charge in [0, 0.05) is 94.0 Å². The quantitative estimate of drug-likeness (QED) is 0.109. The van der Waals surface area contributed by atoms with Crippen LogP contribution >= 0.6 is 0 Å². The zero-order chi connectivity index (χ0) is 85.1. The summed E-state index contributed by atoms with van der Waals surface area (Å²) in [5, 5.41) is 10.2. The Labute approximate surface area is 732 Å². The van der Waals surface area contributed by atoms with Crippen LogP contribution in [0.25, 0.3) is 132 Å². The molecule has 0 fully saturated rings. The highest BCUT2D eigenvalue weighted by Gasteiger charge is 2.24. The maximum absolute atomic E-state index is 2.39. The fourth-order valence-electron chi connectivity index (χ4n) is 18.0. The van der Waals surface area contributed by atoms with E-state index in [4.69, 9.17) is 0 Å². The molecule has 22 aromatic rings. The van der Waals surface area contributed by atoms with E-state index < -0.39 is 0 Å². The van der Waals surface area contributed by atoms with Crippen LogP contribution in [-0.4, -0.2) is 46.5 Å². The molecule has 0 aliphatic rings. The zero-order valence-corrected chi connectivity index (χ0v) is 71.8. The summed E-state index contributed by atoms with van der Waals surface area (Å²) in [5.74, 6) is 0. The van der Waals surface area contributed by atoms with Crippen molar-refractivity contribution in [3.8, 4) is 45.0 Å². The first kappa shape index (κ1) is 79.2. The second kappa shape index (κ2) is 34.5. The van der Waals surface area contributed by atoms with Crippen LogP contribution in [0.5, 0.6) is 0 Å². The first-order chi connectivity index (χ1) is 61.3. The number of hydrogen-bond acceptors (Lipinski definition) is 4. The third kappa shape index (κ3) is 15.4. The molecule has 8 nitrogen and oxygen atoms in total. The zero-order valence-electron chi connectivity index (χ0n) is 71.8. The topological polar surface area (TPSA) is 32.7 Å². The van der Waals surface area contributed by atoms with Crippen molar-refractivity contribution in [1.82, 2.24) is 18.3 Å². The van der Waals surface area contributed by atoms with Crippen molar-refractivity contribution in [2.75, 3.05) is 47.8 Å². The summed E-state index contributed by atoms with van der Waals surface area (Å²) < 4.78 is 9.54. The normalized spacial score (nSPS) is 11.4. The predicted molar refractivity (Wildman–Crippen MR) is 535 cm³/mol. The number of aromatic nitrogens is 4. The summed E-state index contributed by atoms with van der Waals surface area (Å²) in [6.07, 6.45) is 0. The molecule has 4 heterocycles. The Balaban J connectivity index is 0.000000109. The predicted octanol–water partition coefficient (Wildman–Crippen LogP) is 31.1. The summed E-state index contributed by atoms with van der Waals surface area (Å²) in [4.78, 5) is 9.10. The highest BCUT2D eigenvalue weighted by Crippen LogP contribution is 2.44. The molecule has 0 aliphatic heterocycles. The van der Waals surface area contributed by atoms with Gasteiger partial charge in [-0.3, -0.25) is 0 Å². The summed E-state index contributed by atoms with van der Waals surface area (Å²) in [6, 6.07) is 160. The van der Waals surface area contributed by atoms with Gasteiger partial charge < -0.3 is 37.9 Å². The average molecular weight is 1620 g/mol. The molecular weight excluding hydrogens is 1520 g/mol. The van der Waals surface area contributed by atoms with E-state index >= 15 is 0 Å². The third-order valence-corrected chi connectivity index (χ3v) is 24.5. The van der Waals surface area contributed by atoms with E-state index in [1.165, 1.54) is 166 Å². The van der Waals surface area contributed by atoms with Gasteiger partial charge in [0.05, 0.1) is 89.6 Å². The lowest BCUT2D eigenvalue weighted by atomic mass is 9.87. The number of benzene rings is 18. The van der Waals surface area contributed by atoms with Crippen molar-refractivity contribution >= 4 is 133 Å². The first-order valence-electron chi connectivity index (χ1n) is 43.0. The van der Waals surface area contributed by atoms with Crippen LogP contribution in [0.3, 0.4) is 0 Å². The molecule has 0 N–H and O–H groups in total. The molecule has 4 aromatic heterocycles. The number of para-hydroxylation sites is 16. The van der Waals surface area contributed by atoms with E-state index in [9.17, 15) is 0 Å². The highest BCUT2D eigenvalue weighted by molar-refractivity contribution is 6.13. The molecule has 0 saturated heterocycles. The largest absolute Gasteiger partial charge is 0.343 e. The van der Waals surface area contributed by atoms with Crippen LogP contribution in [0, 0.1) is 6.92 Å². The molecule has 0 atom stereocenters. The number of anilines is 8. The van der Waals surface area contributed by atoms with Gasteiger partial charge in [0.1, 0.15) is 0 Å². The van der Waals surface area contributed by atoms with Crippen LogP contribution in [0.1, 0.15) is 31.9 Å². The Morgan fingerprint density at radius 1 is 0.184 bits per heavy atom. The number of nitrogens with zero attached hydrogens (tertiary/aromatic N) is 8. The molecule has 606 valence electrons. The number of aryl methyl sites for hydroxylation is 1. The Morgan fingerprint density at radius 2 is 0.400 bits per heavy atom. The van der Waals surface area contributed by atoms with Gasteiger partial charge in [-0.2, -0.15) is 0 Å². The van der Waals surface area contributed by atoms with Crippen molar-refractivity contribution < 1.29 is 0 Å². The van der Waals surface area contributed by atoms with Crippen molar-refractivity contribution in [2.24, 2.45) is 0 Å². The van der Waals surface area contributed by atoms with Gasteiger partial charge in [-0.25, -0.2) is 0 Å². The lowest BCUT2D eigenvalue weighted by Gasteiger charge is -2.25. The molecule has 125 heavy (non-hydrogen) atoms. The second-order valence-corrected chi connectivity index (χ2v) is 33.1. The van der Waals surface area contributed by atoms with E-state index in [1.54, 1.807) is 0 Å². The van der Waals surface area contributed by atoms with Gasteiger partial charge in [-0.1, -0.05) is 330 Å². The molecule has 0 unspecified atom stereocenters. The number of fused-ring (bicyclic) bond motifs is 12. The van der Waals surface area contributed by atoms with Gasteiger partial charge in [0.25, 0.3) is 0 Å². The molecule has 8 heteroatoms. The van der Waals surface area contributed by atoms with Crippen LogP contribution in [0.15, 0.2) is 449 Å². The summed E-state index contributed by atoms with van der Waals surface area (Å²) in [7, 11) is 8.58. The summed E-state index contributed by atoms with van der Waals surface area (Å²) >= 11 is 0. The fraction of sp³-hybridized carbons (Fsp3) is 0.0769. The SMILES string of the molecule is CN(c1ccc(-c2ccccc2)cc1)c1ccccc1-n1c2ccccc2c2ccccc21.CN(c1ccc(C(C)(C)C)cc1)c1ccccc1-n1c2ccccc2c2ccccc21.CN(c1cccc(-c2ccccc2)c1)c1ccccc1-n1c2ccccc2c2ccccc21.Cc1ccc(N(C)c2ccccc2-n2c3ccccc3c3ccccc32)cc1. The van der Waals surface area contributed by atoms with E-state index in [-0.39, 0.29) is 5.41 Å². The average Bonchev–Trinajstić information content (AvgIpc) is 1.61. The Morgan fingerprint density at radius 3 is 0.688 bits per heavy atom. The molecule has 22 rings (SSSR count). The van der Waals surface area contributed by atoms with Gasteiger partial charge in [0.15, 0.2) is 0 Å². The van der Waals surface area contributed by atoms with Crippen molar-refractivity contribution in [3.05, 3.63) is 460 Å². The van der Waals surface area contributed by atoms with Gasteiger partial charge in [-0.05, 0) is 186 Å². The maximum atomic E-state index is 2.39. The molecule has 18 aromatic carbocycles. The molecule has 0 spiro atoms. The van der Waals surface area contributed by atoms with Crippen LogP contribution in [0.2, 0.25) is 0 Å². The van der Waals surface area contributed by atoms with Crippen molar-refractivity contribution in [1.29, 1.82) is 0 Å². The molecule has 0 radical (unpaired) electrons. The van der Waals surface area contributed by atoms with Gasteiger partial charge in [0.2, 0.25) is 0 Å². The fourth-order valence-corrected chi connectivity index (χ4v) is 18.0. The standard InChI is InChI=1S/2C31H24N2.C29H28N2.C26H22N2/c1-32(25-15-11-14-24(22-25)23-12-3-2-4-13-23)30-20-9-10-21-31(30)33-28-18-7-5-16-26(28)27-17-6-8-19-29(27)33;1-32(25-21-19-24(20-22-25)23-11-3-2-4-12-23)30-17-9-10-18-31(30)33-28-15-7-5-13-26(28)27-14-6-8-16-29(27)33;1-29(2,3)21-17-19-22(20-18-21)30(4)27-15-9-10-16-28(27)31-25-13-7-5-11-23(25)24-12-6-8-14-26(24)31;1-19-15-17-20(18-16-19)27(2)25-13-7-8-14-26(25)28-23-11-5-3-9-21(23)22-10-4-6-12-24(22)28/h2*2-22H,1H3;5-20H,1-4H3;3-18H,1-2H3. The molecule has 0 aliphatic carbocycles. The van der Waals surface area contributed by atoms with Gasteiger partial charge >= 0.3 is 0 Å². The molecule has 0 amide bonds. The lowest BCUT2D eigenvalue weighted by molar-refractivity contribution is 0.590. The monoisotopic (exact) mass is 1610 g/mol. The molecule has 0 bridgehead atoms. The minimum atomic E-state index is 0.151. The Kier molecular flexibility index (Phi) is 21.8. The Hall–Kier alpha value is -15.6. The third-order valence-electron chi connectivity index (χ3n) is 24.5. The minimum Gasteiger partial charge on any atom is -0.343 e. The minimum absolute atomic E-state index is 0.151. The maximum Gasteiger partial charge on any atom is 0.0699 e. The van der Waals surface area contributed by atoms with Crippen LogP contribution in [-0.2, 0) is 5.41 Å². The van der Waals surface area contributed by atoms with E-state index in [1.807, 2.05) is 0 Å². The molecule has 0 saturated carbocycles. The number of rotatable bonds is 14. The van der Waals surface area contributed by atoms with Crippen LogP contribution < -0.4 is 19.6 Å². The van der Waals surface area contributed by atoms with Crippen molar-refractivity contribution in [3.63, 3.8) is 0 Å². The Bertz CT molecular complexity index is 7380. The van der Waals surface area contributed by atoms with E-state index in [2.05, 4.69) is 543 Å². The van der Waals surface area contributed by atoms with Crippen molar-refractivity contribution in [2.45, 2.75) is 33.1 Å². The summed E-state index contributed by atoms with van der Waals surface area (Å²) in [6.45, 7) is 8.88. The van der Waals surface area contributed by atoms with Gasteiger partial charge in [-0.15, -0.1) is 0 Å². The lowest BCUT2D eigenvalue weighted by Crippen LogP contribution is -2.14. The number of hydrogen-bond donors (Lipinski definition) is 0. The molecular formula is C117H98N8. The summed E-state index contributed by atoms with van der Waals surface area (Å²) in [5.41, 5.74) is 31.5. The van der Waals surface area contributed by atoms with E-state index in [0.717, 1.165) is 22.7 Å². The van der Waals surface area contributed by atoms with Crippen LogP contribution in [0.4, 0.5) is 45.5 Å². The first-order valence-corrected chi connectivity index (χ1v) is 43.0. The second-order valence-electron chi connectivity index (χ2n) is 33.1. The smallest absolute Gasteiger partial charge is 0.0699 e.